The highest BCUT2D eigenvalue weighted by molar-refractivity contribution is 5.39. The molecule has 1 aromatic carbocycles. The number of nitrogens with two attached hydrogens (primary N) is 1. The molecule has 3 N–H and O–H groups in total. The molecule has 0 aromatic heterocycles. The van der Waals surface area contributed by atoms with Gasteiger partial charge < -0.3 is 15.6 Å². The number of morpholine rings is 1. The molecule has 0 saturated carbocycles. The van der Waals surface area contributed by atoms with Crippen molar-refractivity contribution in [2.45, 2.75) is 32.0 Å². The van der Waals surface area contributed by atoms with Crippen LogP contribution in [0.2, 0.25) is 0 Å². The van der Waals surface area contributed by atoms with Crippen molar-refractivity contribution in [3.8, 4) is 0 Å². The van der Waals surface area contributed by atoms with Crippen molar-refractivity contribution < 1.29 is 9.84 Å². The van der Waals surface area contributed by atoms with Gasteiger partial charge in [-0.1, -0.05) is 12.1 Å². The molecule has 1 fully saturated rings. The van der Waals surface area contributed by atoms with E-state index in [4.69, 9.17) is 10.5 Å². The number of aliphatic hydroxyl groups is 1. The predicted octanol–water partition coefficient (Wildman–Crippen LogP) is 1.28. The first-order chi connectivity index (χ1) is 8.98. The Balaban J connectivity index is 1.89. The summed E-state index contributed by atoms with van der Waals surface area (Å²) in [6.07, 6.45) is 0.921. The number of rotatable bonds is 4. The Morgan fingerprint density at radius 1 is 1.37 bits per heavy atom. The average molecular weight is 264 g/mol. The lowest BCUT2D eigenvalue weighted by Gasteiger charge is -2.42. The Morgan fingerprint density at radius 3 is 2.68 bits per heavy atom. The fourth-order valence-corrected chi connectivity index (χ4v) is 2.65. The Bertz CT molecular complexity index is 403. The molecule has 0 radical (unpaired) electrons. The minimum atomic E-state index is -0.188. The van der Waals surface area contributed by atoms with Gasteiger partial charge in [0.05, 0.1) is 18.3 Å². The van der Waals surface area contributed by atoms with Crippen LogP contribution in [0.15, 0.2) is 24.3 Å². The SMILES string of the molecule is CC1(C)CN(CCc2ccc(N)cc2)CC(CO)O1. The third-order valence-corrected chi connectivity index (χ3v) is 3.45. The third-order valence-electron chi connectivity index (χ3n) is 3.45. The number of hydrogen-bond donors (Lipinski definition) is 2. The summed E-state index contributed by atoms with van der Waals surface area (Å²) in [5.74, 6) is 0. The largest absolute Gasteiger partial charge is 0.399 e. The van der Waals surface area contributed by atoms with Crippen LogP contribution in [0.25, 0.3) is 0 Å². The number of aliphatic hydroxyl groups excluding tert-OH is 1. The Morgan fingerprint density at radius 2 is 2.05 bits per heavy atom. The third kappa shape index (κ3) is 4.20. The molecular formula is C15H24N2O2. The highest BCUT2D eigenvalue weighted by Gasteiger charge is 2.32. The van der Waals surface area contributed by atoms with Gasteiger partial charge in [-0.3, -0.25) is 4.90 Å². The molecule has 4 nitrogen and oxygen atoms in total. The maximum absolute atomic E-state index is 9.29. The summed E-state index contributed by atoms with van der Waals surface area (Å²) in [4.78, 5) is 2.36. The van der Waals surface area contributed by atoms with Crippen LogP contribution in [0.4, 0.5) is 5.69 Å². The van der Waals surface area contributed by atoms with Gasteiger partial charge in [0.15, 0.2) is 0 Å². The molecule has 1 heterocycles. The number of anilines is 1. The lowest BCUT2D eigenvalue weighted by molar-refractivity contribution is -0.148. The zero-order valence-corrected chi connectivity index (χ0v) is 11.8. The molecule has 0 aliphatic carbocycles. The predicted molar refractivity (Wildman–Crippen MR) is 77.0 cm³/mol. The Kier molecular flexibility index (Phi) is 4.45. The standard InChI is InChI=1S/C15H24N2O2/c1-15(2)11-17(9-14(10-18)19-15)8-7-12-3-5-13(16)6-4-12/h3-6,14,18H,7-11,16H2,1-2H3. The van der Waals surface area contributed by atoms with Crippen LogP contribution in [-0.4, -0.2) is 48.0 Å². The lowest BCUT2D eigenvalue weighted by atomic mass is 10.0. The van der Waals surface area contributed by atoms with E-state index in [0.717, 1.165) is 31.7 Å². The summed E-state index contributed by atoms with van der Waals surface area (Å²) in [6, 6.07) is 8.03. The molecule has 2 rings (SSSR count). The number of hydrogen-bond acceptors (Lipinski definition) is 4. The van der Waals surface area contributed by atoms with Crippen molar-refractivity contribution in [1.82, 2.24) is 4.90 Å². The van der Waals surface area contributed by atoms with Gasteiger partial charge in [-0.15, -0.1) is 0 Å². The second-order valence-corrected chi connectivity index (χ2v) is 5.91. The molecule has 0 spiro atoms. The fourth-order valence-electron chi connectivity index (χ4n) is 2.65. The second-order valence-electron chi connectivity index (χ2n) is 5.91. The van der Waals surface area contributed by atoms with E-state index in [1.54, 1.807) is 0 Å². The van der Waals surface area contributed by atoms with Crippen molar-refractivity contribution in [1.29, 1.82) is 0 Å². The Hall–Kier alpha value is -1.10. The summed E-state index contributed by atoms with van der Waals surface area (Å²) in [5.41, 5.74) is 7.59. The van der Waals surface area contributed by atoms with E-state index in [2.05, 4.69) is 30.9 Å². The Labute approximate surface area is 115 Å². The maximum Gasteiger partial charge on any atom is 0.0940 e. The maximum atomic E-state index is 9.29. The van der Waals surface area contributed by atoms with Crippen LogP contribution in [0.5, 0.6) is 0 Å². The molecule has 0 amide bonds. The molecule has 1 saturated heterocycles. The average Bonchev–Trinajstić information content (AvgIpc) is 2.36. The van der Waals surface area contributed by atoms with Crippen molar-refractivity contribution in [3.63, 3.8) is 0 Å². The summed E-state index contributed by atoms with van der Waals surface area (Å²) < 4.78 is 5.81. The summed E-state index contributed by atoms with van der Waals surface area (Å²) in [5, 5.41) is 9.29. The van der Waals surface area contributed by atoms with Crippen molar-refractivity contribution in [3.05, 3.63) is 29.8 Å². The van der Waals surface area contributed by atoms with Crippen molar-refractivity contribution in [2.75, 3.05) is 32.0 Å². The molecule has 1 unspecified atom stereocenters. The first-order valence-electron chi connectivity index (χ1n) is 6.84. The number of ether oxygens (including phenoxy) is 1. The number of nitrogen functional groups attached to an aromatic ring is 1. The topological polar surface area (TPSA) is 58.7 Å². The summed E-state index contributed by atoms with van der Waals surface area (Å²) in [7, 11) is 0. The van der Waals surface area contributed by atoms with E-state index < -0.39 is 0 Å². The van der Waals surface area contributed by atoms with Gasteiger partial charge in [-0.05, 0) is 38.0 Å². The normalized spacial score (nSPS) is 23.4. The van der Waals surface area contributed by atoms with Gasteiger partial charge >= 0.3 is 0 Å². The minimum Gasteiger partial charge on any atom is -0.399 e. The molecule has 1 aromatic rings. The van der Waals surface area contributed by atoms with Crippen LogP contribution < -0.4 is 5.73 Å². The van der Waals surface area contributed by atoms with Gasteiger partial charge in [0.1, 0.15) is 0 Å². The molecule has 106 valence electrons. The van der Waals surface area contributed by atoms with Crippen LogP contribution in [0, 0.1) is 0 Å². The molecular weight excluding hydrogens is 240 g/mol. The zero-order chi connectivity index (χ0) is 13.9. The van der Waals surface area contributed by atoms with E-state index in [1.807, 2.05) is 12.1 Å². The summed E-state index contributed by atoms with van der Waals surface area (Å²) >= 11 is 0. The first-order valence-corrected chi connectivity index (χ1v) is 6.84. The molecule has 1 atom stereocenters. The number of nitrogens with zero attached hydrogens (tertiary/aromatic N) is 1. The van der Waals surface area contributed by atoms with Crippen LogP contribution in [0.3, 0.4) is 0 Å². The molecule has 1 aliphatic heterocycles. The second kappa shape index (κ2) is 5.90. The first kappa shape index (κ1) is 14.3. The van der Waals surface area contributed by atoms with E-state index >= 15 is 0 Å². The van der Waals surface area contributed by atoms with Crippen molar-refractivity contribution in [2.24, 2.45) is 0 Å². The number of benzene rings is 1. The van der Waals surface area contributed by atoms with Crippen LogP contribution in [0.1, 0.15) is 19.4 Å². The highest BCUT2D eigenvalue weighted by atomic mass is 16.5. The van der Waals surface area contributed by atoms with Crippen LogP contribution in [-0.2, 0) is 11.2 Å². The van der Waals surface area contributed by atoms with Gasteiger partial charge in [-0.2, -0.15) is 0 Å². The van der Waals surface area contributed by atoms with E-state index in [9.17, 15) is 5.11 Å². The monoisotopic (exact) mass is 264 g/mol. The summed E-state index contributed by atoms with van der Waals surface area (Å²) in [6.45, 7) is 6.92. The lowest BCUT2D eigenvalue weighted by Crippen LogP contribution is -2.54. The van der Waals surface area contributed by atoms with Gasteiger partial charge in [-0.25, -0.2) is 0 Å². The molecule has 0 bridgehead atoms. The highest BCUT2D eigenvalue weighted by Crippen LogP contribution is 2.21. The van der Waals surface area contributed by atoms with Gasteiger partial charge in [0.2, 0.25) is 0 Å². The molecule has 1 aliphatic rings. The minimum absolute atomic E-state index is 0.0739. The van der Waals surface area contributed by atoms with Crippen LogP contribution >= 0.6 is 0 Å². The zero-order valence-electron chi connectivity index (χ0n) is 11.8. The molecule has 4 heteroatoms. The van der Waals surface area contributed by atoms with E-state index in [-0.39, 0.29) is 18.3 Å². The fraction of sp³-hybridized carbons (Fsp3) is 0.600. The van der Waals surface area contributed by atoms with E-state index in [1.165, 1.54) is 5.56 Å². The quantitative estimate of drug-likeness (QED) is 0.804. The van der Waals surface area contributed by atoms with E-state index in [0.29, 0.717) is 0 Å². The molecule has 19 heavy (non-hydrogen) atoms. The van der Waals surface area contributed by atoms with Gasteiger partial charge in [0.25, 0.3) is 0 Å². The van der Waals surface area contributed by atoms with Crippen molar-refractivity contribution >= 4 is 5.69 Å². The smallest absolute Gasteiger partial charge is 0.0940 e. The van der Waals surface area contributed by atoms with Gasteiger partial charge in [0, 0.05) is 25.3 Å².